The van der Waals surface area contributed by atoms with Crippen molar-refractivity contribution in [3.8, 4) is 0 Å². The molecule has 1 rings (SSSR count). The van der Waals surface area contributed by atoms with E-state index in [1.165, 1.54) is 0 Å². The van der Waals surface area contributed by atoms with E-state index >= 15 is 0 Å². The van der Waals surface area contributed by atoms with E-state index in [1.807, 2.05) is 26.0 Å². The van der Waals surface area contributed by atoms with Crippen molar-refractivity contribution in [3.63, 3.8) is 0 Å². The molecule has 72 valence electrons. The van der Waals surface area contributed by atoms with Crippen LogP contribution in [0.1, 0.15) is 33.1 Å². The first kappa shape index (κ1) is 10.0. The van der Waals surface area contributed by atoms with Crippen LogP contribution in [0.15, 0.2) is 23.3 Å². The summed E-state index contributed by atoms with van der Waals surface area (Å²) in [6.45, 7) is 4.50. The minimum Gasteiger partial charge on any atom is -0.462 e. The van der Waals surface area contributed by atoms with Crippen molar-refractivity contribution >= 4 is 5.97 Å². The van der Waals surface area contributed by atoms with E-state index in [9.17, 15) is 4.79 Å². The Morgan fingerprint density at radius 1 is 1.62 bits per heavy atom. The van der Waals surface area contributed by atoms with Crippen LogP contribution < -0.4 is 0 Å². The first-order valence-corrected chi connectivity index (χ1v) is 4.79. The SMILES string of the molecule is CCCOC(=O)C1=C(C)CCC=C1. The van der Waals surface area contributed by atoms with Crippen molar-refractivity contribution in [2.24, 2.45) is 0 Å². The monoisotopic (exact) mass is 180 g/mol. The van der Waals surface area contributed by atoms with Crippen molar-refractivity contribution in [2.45, 2.75) is 33.1 Å². The molecule has 0 aliphatic heterocycles. The maximum Gasteiger partial charge on any atom is 0.338 e. The molecular formula is C11H16O2. The summed E-state index contributed by atoms with van der Waals surface area (Å²) in [6, 6.07) is 0. The standard InChI is InChI=1S/C11H16O2/c1-3-8-13-11(12)10-7-5-4-6-9(10)2/h5,7H,3-4,6,8H2,1-2H3. The smallest absolute Gasteiger partial charge is 0.338 e. The average Bonchev–Trinajstić information content (AvgIpc) is 2.15. The molecule has 0 fully saturated rings. The molecule has 0 bridgehead atoms. The molecular weight excluding hydrogens is 164 g/mol. The molecule has 1 aliphatic rings. The highest BCUT2D eigenvalue weighted by Crippen LogP contribution is 2.19. The normalized spacial score (nSPS) is 16.2. The van der Waals surface area contributed by atoms with Gasteiger partial charge in [-0.25, -0.2) is 4.79 Å². The zero-order valence-corrected chi connectivity index (χ0v) is 8.30. The molecule has 0 aromatic heterocycles. The zero-order valence-electron chi connectivity index (χ0n) is 8.30. The molecule has 13 heavy (non-hydrogen) atoms. The van der Waals surface area contributed by atoms with Gasteiger partial charge < -0.3 is 4.74 Å². The molecule has 0 heterocycles. The van der Waals surface area contributed by atoms with Crippen LogP contribution in [-0.2, 0) is 9.53 Å². The molecule has 2 heteroatoms. The zero-order chi connectivity index (χ0) is 9.68. The third-order valence-corrected chi connectivity index (χ3v) is 2.09. The summed E-state index contributed by atoms with van der Waals surface area (Å²) < 4.78 is 5.05. The molecule has 0 spiro atoms. The summed E-state index contributed by atoms with van der Waals surface area (Å²) in [5.41, 5.74) is 1.89. The molecule has 0 N–H and O–H groups in total. The highest BCUT2D eigenvalue weighted by Gasteiger charge is 2.13. The number of esters is 1. The lowest BCUT2D eigenvalue weighted by Crippen LogP contribution is -2.10. The molecule has 0 aromatic rings. The van der Waals surface area contributed by atoms with Crippen LogP contribution in [0.3, 0.4) is 0 Å². The third-order valence-electron chi connectivity index (χ3n) is 2.09. The van der Waals surface area contributed by atoms with Crippen molar-refractivity contribution in [1.82, 2.24) is 0 Å². The van der Waals surface area contributed by atoms with Gasteiger partial charge in [-0.2, -0.15) is 0 Å². The average molecular weight is 180 g/mol. The fourth-order valence-electron chi connectivity index (χ4n) is 1.29. The Balaban J connectivity index is 2.59. The topological polar surface area (TPSA) is 26.3 Å². The minimum atomic E-state index is -0.171. The van der Waals surface area contributed by atoms with E-state index in [2.05, 4.69) is 0 Å². The first-order chi connectivity index (χ1) is 6.25. The highest BCUT2D eigenvalue weighted by molar-refractivity contribution is 5.92. The molecule has 0 saturated heterocycles. The summed E-state index contributed by atoms with van der Waals surface area (Å²) in [4.78, 5) is 11.4. The molecule has 2 nitrogen and oxygen atoms in total. The second-order valence-corrected chi connectivity index (χ2v) is 3.27. The fourth-order valence-corrected chi connectivity index (χ4v) is 1.29. The van der Waals surface area contributed by atoms with Crippen molar-refractivity contribution in [2.75, 3.05) is 6.61 Å². The van der Waals surface area contributed by atoms with E-state index in [0.29, 0.717) is 6.61 Å². The van der Waals surface area contributed by atoms with Gasteiger partial charge in [0.15, 0.2) is 0 Å². The van der Waals surface area contributed by atoms with E-state index in [1.54, 1.807) is 0 Å². The number of ether oxygens (including phenoxy) is 1. The molecule has 0 radical (unpaired) electrons. The Hall–Kier alpha value is -1.05. The molecule has 1 aliphatic carbocycles. The Kier molecular flexibility index (Phi) is 3.74. The molecule has 0 amide bonds. The van der Waals surface area contributed by atoms with Gasteiger partial charge in [0, 0.05) is 0 Å². The number of allylic oxidation sites excluding steroid dienone is 2. The Bertz CT molecular complexity index is 249. The van der Waals surface area contributed by atoms with Crippen LogP contribution in [0.5, 0.6) is 0 Å². The lowest BCUT2D eigenvalue weighted by molar-refractivity contribution is -0.138. The largest absolute Gasteiger partial charge is 0.462 e. The van der Waals surface area contributed by atoms with E-state index in [0.717, 1.165) is 30.4 Å². The number of rotatable bonds is 3. The van der Waals surface area contributed by atoms with Gasteiger partial charge in [-0.1, -0.05) is 24.6 Å². The van der Waals surface area contributed by atoms with Crippen LogP contribution in [0.25, 0.3) is 0 Å². The van der Waals surface area contributed by atoms with Gasteiger partial charge in [-0.05, 0) is 26.2 Å². The lowest BCUT2D eigenvalue weighted by atomic mass is 9.99. The van der Waals surface area contributed by atoms with Crippen molar-refractivity contribution in [1.29, 1.82) is 0 Å². The number of hydrogen-bond acceptors (Lipinski definition) is 2. The predicted octanol–water partition coefficient (Wildman–Crippen LogP) is 2.61. The number of carbonyl (C=O) groups excluding carboxylic acids is 1. The summed E-state index contributed by atoms with van der Waals surface area (Å²) in [5.74, 6) is -0.171. The summed E-state index contributed by atoms with van der Waals surface area (Å²) in [5, 5.41) is 0. The van der Waals surface area contributed by atoms with Crippen molar-refractivity contribution in [3.05, 3.63) is 23.3 Å². The van der Waals surface area contributed by atoms with E-state index in [4.69, 9.17) is 4.74 Å². The van der Waals surface area contributed by atoms with Gasteiger partial charge in [0.05, 0.1) is 12.2 Å². The predicted molar refractivity (Wildman–Crippen MR) is 52.3 cm³/mol. The third kappa shape index (κ3) is 2.72. The number of carbonyl (C=O) groups is 1. The van der Waals surface area contributed by atoms with Crippen LogP contribution in [0, 0.1) is 0 Å². The highest BCUT2D eigenvalue weighted by atomic mass is 16.5. The lowest BCUT2D eigenvalue weighted by Gasteiger charge is -2.11. The second-order valence-electron chi connectivity index (χ2n) is 3.27. The van der Waals surface area contributed by atoms with Gasteiger partial charge in [-0.15, -0.1) is 0 Å². The van der Waals surface area contributed by atoms with Crippen LogP contribution >= 0.6 is 0 Å². The summed E-state index contributed by atoms with van der Waals surface area (Å²) in [6.07, 6.45) is 6.79. The first-order valence-electron chi connectivity index (χ1n) is 4.79. The maximum atomic E-state index is 11.4. The van der Waals surface area contributed by atoms with E-state index < -0.39 is 0 Å². The van der Waals surface area contributed by atoms with Gasteiger partial charge in [0.25, 0.3) is 0 Å². The van der Waals surface area contributed by atoms with Crippen molar-refractivity contribution < 1.29 is 9.53 Å². The molecule has 0 aromatic carbocycles. The molecule has 0 unspecified atom stereocenters. The summed E-state index contributed by atoms with van der Waals surface area (Å²) in [7, 11) is 0. The van der Waals surface area contributed by atoms with Crippen LogP contribution in [0.2, 0.25) is 0 Å². The minimum absolute atomic E-state index is 0.171. The summed E-state index contributed by atoms with van der Waals surface area (Å²) >= 11 is 0. The van der Waals surface area contributed by atoms with Gasteiger partial charge >= 0.3 is 5.97 Å². The Morgan fingerprint density at radius 2 is 2.38 bits per heavy atom. The van der Waals surface area contributed by atoms with Crippen LogP contribution in [-0.4, -0.2) is 12.6 Å². The van der Waals surface area contributed by atoms with Gasteiger partial charge in [0.2, 0.25) is 0 Å². The van der Waals surface area contributed by atoms with Gasteiger partial charge in [-0.3, -0.25) is 0 Å². The fraction of sp³-hybridized carbons (Fsp3) is 0.545. The van der Waals surface area contributed by atoms with Gasteiger partial charge in [0.1, 0.15) is 0 Å². The Labute approximate surface area is 79.3 Å². The maximum absolute atomic E-state index is 11.4. The molecule has 0 atom stereocenters. The Morgan fingerprint density at radius 3 is 3.00 bits per heavy atom. The number of hydrogen-bond donors (Lipinski definition) is 0. The second kappa shape index (κ2) is 4.85. The van der Waals surface area contributed by atoms with Crippen LogP contribution in [0.4, 0.5) is 0 Å². The quantitative estimate of drug-likeness (QED) is 0.624. The molecule has 0 saturated carbocycles. The van der Waals surface area contributed by atoms with E-state index in [-0.39, 0.29) is 5.97 Å².